The monoisotopic (exact) mass is 516 g/mol. The highest BCUT2D eigenvalue weighted by Crippen LogP contribution is 2.19. The van der Waals surface area contributed by atoms with Crippen molar-refractivity contribution in [1.29, 1.82) is 0 Å². The number of carbonyl (C=O) groups excluding carboxylic acids is 2. The van der Waals surface area contributed by atoms with Gasteiger partial charge < -0.3 is 49.4 Å². The summed E-state index contributed by atoms with van der Waals surface area (Å²) in [6.45, 7) is 0.523. The third-order valence-electron chi connectivity index (χ3n) is 5.60. The van der Waals surface area contributed by atoms with E-state index in [9.17, 15) is 19.5 Å². The lowest BCUT2D eigenvalue weighted by Crippen LogP contribution is -2.55. The van der Waals surface area contributed by atoms with Gasteiger partial charge in [-0.3, -0.25) is 19.6 Å². The van der Waals surface area contributed by atoms with Crippen LogP contribution in [0.5, 0.6) is 0 Å². The lowest BCUT2D eigenvalue weighted by Gasteiger charge is -2.23. The van der Waals surface area contributed by atoms with Gasteiger partial charge in [0.2, 0.25) is 11.8 Å². The highest BCUT2D eigenvalue weighted by atomic mass is 16.4. The molecule has 1 aromatic carbocycles. The second kappa shape index (κ2) is 14.3. The number of hydrogen-bond donors (Lipinski definition) is 9. The van der Waals surface area contributed by atoms with Gasteiger partial charge in [0.05, 0.1) is 6.04 Å². The summed E-state index contributed by atoms with van der Waals surface area (Å²) in [5.74, 6) is -2.58. The normalized spacial score (nSPS) is 13.2. The van der Waals surface area contributed by atoms with E-state index in [0.717, 1.165) is 16.5 Å². The van der Waals surface area contributed by atoms with Gasteiger partial charge in [-0.05, 0) is 37.3 Å². The third kappa shape index (κ3) is 9.68. The Morgan fingerprint density at radius 2 is 1.49 bits per heavy atom. The van der Waals surface area contributed by atoms with Crippen molar-refractivity contribution in [1.82, 2.24) is 15.6 Å². The fourth-order valence-electron chi connectivity index (χ4n) is 3.69. The number of carboxylic acids is 1. The number of nitrogens with zero attached hydrogens (tertiary/aromatic N) is 2. The summed E-state index contributed by atoms with van der Waals surface area (Å²) >= 11 is 0. The SMILES string of the molecule is NC(N)=NCCC[C@H](N)C(=O)N[C@@H](Cc1c[nH]c2ccccc12)C(=O)N[C@H](CCCN=C(N)N)C(=O)O. The Balaban J connectivity index is 2.14. The van der Waals surface area contributed by atoms with Crippen LogP contribution in [0.1, 0.15) is 31.2 Å². The number of hydrogen-bond acceptors (Lipinski definition) is 6. The van der Waals surface area contributed by atoms with Crippen molar-refractivity contribution in [3.8, 4) is 0 Å². The first-order valence-corrected chi connectivity index (χ1v) is 11.8. The third-order valence-corrected chi connectivity index (χ3v) is 5.60. The van der Waals surface area contributed by atoms with Crippen LogP contribution in [0.4, 0.5) is 0 Å². The van der Waals surface area contributed by atoms with E-state index in [0.29, 0.717) is 19.4 Å². The number of amides is 2. The van der Waals surface area contributed by atoms with E-state index in [-0.39, 0.29) is 37.7 Å². The summed E-state index contributed by atoms with van der Waals surface area (Å²) in [6.07, 6.45) is 3.03. The molecular weight excluding hydrogens is 480 g/mol. The molecule has 0 saturated carbocycles. The molecule has 0 aliphatic rings. The number of H-pyrrole nitrogens is 1. The number of carboxylic acid groups (broad SMARTS) is 1. The highest BCUT2D eigenvalue weighted by molar-refractivity contribution is 5.93. The molecule has 0 spiro atoms. The molecule has 14 nitrogen and oxygen atoms in total. The van der Waals surface area contributed by atoms with Gasteiger partial charge in [-0.15, -0.1) is 0 Å². The molecule has 14 N–H and O–H groups in total. The van der Waals surface area contributed by atoms with Crippen LogP contribution in [0.15, 0.2) is 40.4 Å². The van der Waals surface area contributed by atoms with Crippen LogP contribution < -0.4 is 39.3 Å². The number of carbonyl (C=O) groups is 3. The second-order valence-corrected chi connectivity index (χ2v) is 8.53. The van der Waals surface area contributed by atoms with Gasteiger partial charge in [0.25, 0.3) is 0 Å². The molecule has 0 radical (unpaired) electrons. The molecule has 0 saturated heterocycles. The van der Waals surface area contributed by atoms with Gasteiger partial charge in [0.1, 0.15) is 12.1 Å². The zero-order valence-electron chi connectivity index (χ0n) is 20.5. The maximum Gasteiger partial charge on any atom is 0.326 e. The van der Waals surface area contributed by atoms with E-state index in [1.807, 2.05) is 24.3 Å². The van der Waals surface area contributed by atoms with E-state index in [1.165, 1.54) is 0 Å². The molecule has 1 heterocycles. The minimum atomic E-state index is -1.22. The van der Waals surface area contributed by atoms with Gasteiger partial charge >= 0.3 is 5.97 Å². The first kappa shape index (κ1) is 28.9. The molecule has 2 rings (SSSR count). The largest absolute Gasteiger partial charge is 0.480 e. The number of aromatic nitrogens is 1. The highest BCUT2D eigenvalue weighted by Gasteiger charge is 2.28. The lowest BCUT2D eigenvalue weighted by atomic mass is 10.0. The first-order valence-electron chi connectivity index (χ1n) is 11.8. The molecule has 3 atom stereocenters. The average Bonchev–Trinajstić information content (AvgIpc) is 3.25. The second-order valence-electron chi connectivity index (χ2n) is 8.53. The van der Waals surface area contributed by atoms with Gasteiger partial charge in [-0.1, -0.05) is 18.2 Å². The summed E-state index contributed by atoms with van der Waals surface area (Å²) in [4.78, 5) is 48.6. The number of guanidine groups is 2. The van der Waals surface area contributed by atoms with Gasteiger partial charge in [-0.25, -0.2) is 4.79 Å². The Bertz CT molecular complexity index is 1120. The van der Waals surface area contributed by atoms with E-state index in [1.54, 1.807) is 6.20 Å². The van der Waals surface area contributed by atoms with Crippen molar-refractivity contribution in [3.05, 3.63) is 36.0 Å². The smallest absolute Gasteiger partial charge is 0.326 e. The van der Waals surface area contributed by atoms with E-state index >= 15 is 0 Å². The maximum atomic E-state index is 13.2. The molecule has 202 valence electrons. The van der Waals surface area contributed by atoms with Crippen LogP contribution in [-0.4, -0.2) is 71.0 Å². The molecule has 14 heteroatoms. The predicted octanol–water partition coefficient (Wildman–Crippen LogP) is -1.80. The molecule has 2 aromatic rings. The number of nitrogens with two attached hydrogens (primary N) is 5. The fraction of sp³-hybridized carbons (Fsp3) is 0.435. The Hall–Kier alpha value is -4.33. The molecule has 0 bridgehead atoms. The van der Waals surface area contributed by atoms with Gasteiger partial charge in [-0.2, -0.15) is 0 Å². The Morgan fingerprint density at radius 1 is 0.892 bits per heavy atom. The zero-order chi connectivity index (χ0) is 27.4. The van der Waals surface area contributed by atoms with Crippen LogP contribution in [0.3, 0.4) is 0 Å². The summed E-state index contributed by atoms with van der Waals surface area (Å²) in [7, 11) is 0. The number of nitrogens with one attached hydrogen (secondary N) is 3. The van der Waals surface area contributed by atoms with Crippen LogP contribution >= 0.6 is 0 Å². The summed E-state index contributed by atoms with van der Waals surface area (Å²) in [5, 5.41) is 15.7. The number of benzene rings is 1. The topological polar surface area (TPSA) is 266 Å². The first-order chi connectivity index (χ1) is 17.6. The Morgan fingerprint density at radius 3 is 2.11 bits per heavy atom. The molecule has 37 heavy (non-hydrogen) atoms. The molecule has 0 aliphatic heterocycles. The van der Waals surface area contributed by atoms with Crippen LogP contribution in [0, 0.1) is 0 Å². The Labute approximate surface area is 214 Å². The standard InChI is InChI=1S/C23H36N10O4/c24-15(6-3-9-29-22(25)26)19(34)33-18(11-13-12-31-16-7-2-1-5-14(13)16)20(35)32-17(21(36)37)8-4-10-30-23(27)28/h1-2,5,7,12,15,17-18,31H,3-4,6,8-11,24H2,(H,32,35)(H,33,34)(H,36,37)(H4,25,26,29)(H4,27,28,30)/t15-,17+,18-/m0/s1. The Kier molecular flexibility index (Phi) is 11.2. The minimum Gasteiger partial charge on any atom is -0.480 e. The molecular formula is C23H36N10O4. The quantitative estimate of drug-likeness (QED) is 0.0732. The number of rotatable bonds is 15. The van der Waals surface area contributed by atoms with E-state index in [2.05, 4.69) is 25.6 Å². The molecule has 1 aromatic heterocycles. The van der Waals surface area contributed by atoms with Gasteiger partial charge in [0.15, 0.2) is 11.9 Å². The van der Waals surface area contributed by atoms with Crippen molar-refractivity contribution >= 4 is 40.6 Å². The number of aromatic amines is 1. The van der Waals surface area contributed by atoms with Crippen molar-refractivity contribution in [3.63, 3.8) is 0 Å². The summed E-state index contributed by atoms with van der Waals surface area (Å²) in [6, 6.07) is 4.31. The van der Waals surface area contributed by atoms with Crippen LogP contribution in [-0.2, 0) is 20.8 Å². The summed E-state index contributed by atoms with van der Waals surface area (Å²) < 4.78 is 0. The number of aliphatic imine (C=N–C) groups is 2. The lowest BCUT2D eigenvalue weighted by molar-refractivity contribution is -0.142. The minimum absolute atomic E-state index is 0.0558. The zero-order valence-corrected chi connectivity index (χ0v) is 20.5. The molecule has 0 unspecified atom stereocenters. The van der Waals surface area contributed by atoms with E-state index in [4.69, 9.17) is 28.7 Å². The van der Waals surface area contributed by atoms with Crippen molar-refractivity contribution in [2.24, 2.45) is 38.7 Å². The molecule has 2 amide bonds. The van der Waals surface area contributed by atoms with Gasteiger partial charge in [0, 0.05) is 36.6 Å². The van der Waals surface area contributed by atoms with Crippen molar-refractivity contribution in [2.45, 2.75) is 50.2 Å². The molecule has 0 fully saturated rings. The number of para-hydroxylation sites is 1. The predicted molar refractivity (Wildman–Crippen MR) is 141 cm³/mol. The summed E-state index contributed by atoms with van der Waals surface area (Å²) in [5.41, 5.74) is 28.8. The van der Waals surface area contributed by atoms with Crippen molar-refractivity contribution in [2.75, 3.05) is 13.1 Å². The van der Waals surface area contributed by atoms with E-state index < -0.39 is 35.9 Å². The fourth-order valence-corrected chi connectivity index (χ4v) is 3.69. The average molecular weight is 517 g/mol. The maximum absolute atomic E-state index is 13.2. The molecule has 0 aliphatic carbocycles. The number of fused-ring (bicyclic) bond motifs is 1. The van der Waals surface area contributed by atoms with Crippen LogP contribution in [0.2, 0.25) is 0 Å². The van der Waals surface area contributed by atoms with Crippen LogP contribution in [0.25, 0.3) is 10.9 Å². The number of aliphatic carboxylic acids is 1. The van der Waals surface area contributed by atoms with Crippen molar-refractivity contribution < 1.29 is 19.5 Å².